The maximum Gasteiger partial charge on any atom is 0.263 e. The number of thiophene rings is 1. The molecule has 0 unspecified atom stereocenters. The van der Waals surface area contributed by atoms with E-state index in [1.165, 1.54) is 18.4 Å². The second-order valence-electron chi connectivity index (χ2n) is 4.56. The van der Waals surface area contributed by atoms with Crippen LogP contribution in [0.3, 0.4) is 0 Å². The van der Waals surface area contributed by atoms with Crippen LogP contribution in [0.15, 0.2) is 11.4 Å². The van der Waals surface area contributed by atoms with Crippen molar-refractivity contribution in [3.05, 3.63) is 21.9 Å². The fraction of sp³-hybridized carbons (Fsp3) is 0.615. The number of likely N-dealkylation sites (tertiary alicyclic amines) is 1. The summed E-state index contributed by atoms with van der Waals surface area (Å²) in [6.45, 7) is 2.49. The van der Waals surface area contributed by atoms with Gasteiger partial charge in [-0.15, -0.1) is 11.3 Å². The maximum absolute atomic E-state index is 12.3. The minimum absolute atomic E-state index is 0.208. The molecule has 94 valence electrons. The molecule has 2 heterocycles. The second-order valence-corrected chi connectivity index (χ2v) is 5.48. The lowest BCUT2D eigenvalue weighted by atomic mass is 10.2. The first-order valence-corrected chi connectivity index (χ1v) is 7.26. The van der Waals surface area contributed by atoms with E-state index in [0.717, 1.165) is 37.2 Å². The Kier molecular flexibility index (Phi) is 4.57. The first kappa shape index (κ1) is 12.6. The number of nitrogens with two attached hydrogens (primary N) is 1. The van der Waals surface area contributed by atoms with Crippen molar-refractivity contribution in [2.24, 2.45) is 5.73 Å². The topological polar surface area (TPSA) is 46.3 Å². The molecule has 2 rings (SSSR count). The summed E-state index contributed by atoms with van der Waals surface area (Å²) in [5, 5.41) is 2.05. The van der Waals surface area contributed by atoms with Gasteiger partial charge in [-0.1, -0.05) is 12.8 Å². The molecule has 0 aliphatic carbocycles. The van der Waals surface area contributed by atoms with Crippen LogP contribution in [0.1, 0.15) is 40.9 Å². The number of carbonyl (C=O) groups excluding carboxylic acids is 1. The number of rotatable bonds is 3. The van der Waals surface area contributed by atoms with Gasteiger partial charge in [0, 0.05) is 13.1 Å². The summed E-state index contributed by atoms with van der Waals surface area (Å²) in [6.07, 6.45) is 5.67. The summed E-state index contributed by atoms with van der Waals surface area (Å²) in [6, 6.07) is 2.00. The van der Waals surface area contributed by atoms with Crippen molar-refractivity contribution in [3.63, 3.8) is 0 Å². The van der Waals surface area contributed by atoms with Crippen molar-refractivity contribution < 1.29 is 4.79 Å². The molecule has 0 saturated carbocycles. The van der Waals surface area contributed by atoms with Crippen LogP contribution in [0.4, 0.5) is 0 Å². The fourth-order valence-corrected chi connectivity index (χ4v) is 3.13. The van der Waals surface area contributed by atoms with Crippen LogP contribution < -0.4 is 5.73 Å². The zero-order chi connectivity index (χ0) is 12.1. The molecule has 1 amide bonds. The summed E-state index contributed by atoms with van der Waals surface area (Å²) in [4.78, 5) is 15.2. The Hall–Kier alpha value is -0.870. The monoisotopic (exact) mass is 252 g/mol. The molecule has 0 bridgehead atoms. The Morgan fingerprint density at radius 1 is 1.29 bits per heavy atom. The van der Waals surface area contributed by atoms with E-state index in [2.05, 4.69) is 5.38 Å². The highest BCUT2D eigenvalue weighted by Crippen LogP contribution is 2.19. The number of hydrogen-bond donors (Lipinski definition) is 1. The van der Waals surface area contributed by atoms with Gasteiger partial charge in [-0.3, -0.25) is 4.79 Å². The third-order valence-electron chi connectivity index (χ3n) is 3.19. The van der Waals surface area contributed by atoms with E-state index in [-0.39, 0.29) is 5.91 Å². The molecule has 4 heteroatoms. The molecule has 1 fully saturated rings. The highest BCUT2D eigenvalue weighted by atomic mass is 32.1. The van der Waals surface area contributed by atoms with Gasteiger partial charge in [0.1, 0.15) is 0 Å². The molecule has 1 aromatic rings. The Balaban J connectivity index is 2.01. The summed E-state index contributed by atoms with van der Waals surface area (Å²) >= 11 is 1.55. The Morgan fingerprint density at radius 2 is 2.00 bits per heavy atom. The smallest absolute Gasteiger partial charge is 0.263 e. The van der Waals surface area contributed by atoms with Gasteiger partial charge >= 0.3 is 0 Å². The Bertz CT molecular complexity index is 367. The van der Waals surface area contributed by atoms with E-state index in [0.29, 0.717) is 6.54 Å². The first-order chi connectivity index (χ1) is 8.31. The van der Waals surface area contributed by atoms with Crippen LogP contribution in [0.5, 0.6) is 0 Å². The lowest BCUT2D eigenvalue weighted by Gasteiger charge is -2.19. The number of hydrogen-bond acceptors (Lipinski definition) is 3. The molecule has 1 saturated heterocycles. The molecule has 3 nitrogen and oxygen atoms in total. The van der Waals surface area contributed by atoms with Crippen molar-refractivity contribution >= 4 is 17.2 Å². The largest absolute Gasteiger partial charge is 0.338 e. The van der Waals surface area contributed by atoms with E-state index < -0.39 is 0 Å². The summed E-state index contributed by atoms with van der Waals surface area (Å²) in [5.41, 5.74) is 6.71. The molecule has 0 atom stereocenters. The minimum atomic E-state index is 0.208. The van der Waals surface area contributed by atoms with Gasteiger partial charge in [-0.05, 0) is 42.8 Å². The van der Waals surface area contributed by atoms with Gasteiger partial charge in [0.25, 0.3) is 5.91 Å². The molecule has 0 radical (unpaired) electrons. The maximum atomic E-state index is 12.3. The van der Waals surface area contributed by atoms with E-state index >= 15 is 0 Å². The Labute approximate surface area is 107 Å². The molecular weight excluding hydrogens is 232 g/mol. The molecule has 1 aliphatic heterocycles. The quantitative estimate of drug-likeness (QED) is 0.897. The average Bonchev–Trinajstić information content (AvgIpc) is 2.64. The van der Waals surface area contributed by atoms with Crippen molar-refractivity contribution in [2.45, 2.75) is 32.1 Å². The number of carbonyl (C=O) groups is 1. The molecule has 0 spiro atoms. The van der Waals surface area contributed by atoms with E-state index in [4.69, 9.17) is 5.73 Å². The molecule has 0 aromatic carbocycles. The van der Waals surface area contributed by atoms with Crippen LogP contribution in [0.25, 0.3) is 0 Å². The van der Waals surface area contributed by atoms with Crippen LogP contribution in [0, 0.1) is 0 Å². The highest BCUT2D eigenvalue weighted by Gasteiger charge is 2.18. The minimum Gasteiger partial charge on any atom is -0.338 e. The summed E-state index contributed by atoms with van der Waals surface area (Å²) < 4.78 is 0. The highest BCUT2D eigenvalue weighted by molar-refractivity contribution is 7.12. The number of nitrogens with zero attached hydrogens (tertiary/aromatic N) is 1. The fourth-order valence-electron chi connectivity index (χ4n) is 2.22. The van der Waals surface area contributed by atoms with Crippen LogP contribution >= 0.6 is 11.3 Å². The van der Waals surface area contributed by atoms with Crippen molar-refractivity contribution in [2.75, 3.05) is 19.6 Å². The third kappa shape index (κ3) is 3.30. The molecule has 2 N–H and O–H groups in total. The predicted molar refractivity (Wildman–Crippen MR) is 71.4 cm³/mol. The zero-order valence-electron chi connectivity index (χ0n) is 10.2. The molecule has 1 aliphatic rings. The van der Waals surface area contributed by atoms with Gasteiger partial charge in [-0.25, -0.2) is 0 Å². The standard InChI is InChI=1S/C13H20N2OS/c14-6-5-11-9-12(17-10-11)13(16)15-7-3-1-2-4-8-15/h9-10H,1-8,14H2. The van der Waals surface area contributed by atoms with Gasteiger partial charge in [0.15, 0.2) is 0 Å². The predicted octanol–water partition coefficient (Wildman–Crippen LogP) is 2.27. The zero-order valence-corrected chi connectivity index (χ0v) is 11.0. The van der Waals surface area contributed by atoms with Gasteiger partial charge in [0.05, 0.1) is 4.88 Å². The molecule has 1 aromatic heterocycles. The lowest BCUT2D eigenvalue weighted by Crippen LogP contribution is -2.31. The van der Waals surface area contributed by atoms with E-state index in [1.54, 1.807) is 11.3 Å². The van der Waals surface area contributed by atoms with Crippen molar-refractivity contribution in [3.8, 4) is 0 Å². The molecule has 17 heavy (non-hydrogen) atoms. The van der Waals surface area contributed by atoms with E-state index in [9.17, 15) is 4.79 Å². The first-order valence-electron chi connectivity index (χ1n) is 6.38. The normalized spacial score (nSPS) is 16.9. The van der Waals surface area contributed by atoms with E-state index in [1.807, 2.05) is 11.0 Å². The summed E-state index contributed by atoms with van der Waals surface area (Å²) in [7, 11) is 0. The SMILES string of the molecule is NCCc1csc(C(=O)N2CCCCCC2)c1. The number of amides is 1. The average molecular weight is 252 g/mol. The van der Waals surface area contributed by atoms with Crippen molar-refractivity contribution in [1.29, 1.82) is 0 Å². The van der Waals surface area contributed by atoms with Crippen LogP contribution in [0.2, 0.25) is 0 Å². The van der Waals surface area contributed by atoms with Crippen LogP contribution in [-0.2, 0) is 6.42 Å². The van der Waals surface area contributed by atoms with Crippen LogP contribution in [-0.4, -0.2) is 30.4 Å². The summed E-state index contributed by atoms with van der Waals surface area (Å²) in [5.74, 6) is 0.208. The second kappa shape index (κ2) is 6.17. The van der Waals surface area contributed by atoms with Gasteiger partial charge in [-0.2, -0.15) is 0 Å². The molecular formula is C13H20N2OS. The third-order valence-corrected chi connectivity index (χ3v) is 4.16. The van der Waals surface area contributed by atoms with Gasteiger partial charge in [0.2, 0.25) is 0 Å². The Morgan fingerprint density at radius 3 is 2.65 bits per heavy atom. The lowest BCUT2D eigenvalue weighted by molar-refractivity contribution is 0.0766. The van der Waals surface area contributed by atoms with Crippen molar-refractivity contribution in [1.82, 2.24) is 4.90 Å². The van der Waals surface area contributed by atoms with Gasteiger partial charge < -0.3 is 10.6 Å².